The summed E-state index contributed by atoms with van der Waals surface area (Å²) >= 11 is 0. The number of nitrogens with two attached hydrogens (primary N) is 1. The molecule has 2 atom stereocenters. The highest BCUT2D eigenvalue weighted by Crippen LogP contribution is 2.20. The predicted octanol–water partition coefficient (Wildman–Crippen LogP) is 1.63. The molecule has 0 saturated carbocycles. The van der Waals surface area contributed by atoms with Gasteiger partial charge in [0.1, 0.15) is 5.60 Å². The molecule has 0 aromatic heterocycles. The first kappa shape index (κ1) is 19.8. The van der Waals surface area contributed by atoms with Gasteiger partial charge in [0.05, 0.1) is 0 Å². The molecule has 0 aromatic carbocycles. The first-order chi connectivity index (χ1) is 11.8. The third kappa shape index (κ3) is 6.38. The van der Waals surface area contributed by atoms with Gasteiger partial charge in [-0.05, 0) is 59.0 Å². The molecule has 2 saturated heterocycles. The molecule has 25 heavy (non-hydrogen) atoms. The van der Waals surface area contributed by atoms with E-state index in [1.54, 1.807) is 4.90 Å². The SMILES string of the molecule is CCN1CCCC1CNC(N)=NCC1CCN(C(=O)OC(C)(C)C)C1. The molecular formula is C18H35N5O2. The van der Waals surface area contributed by atoms with E-state index in [2.05, 4.69) is 22.1 Å². The largest absolute Gasteiger partial charge is 0.444 e. The molecule has 0 aliphatic carbocycles. The number of aliphatic imine (C=N–C) groups is 1. The summed E-state index contributed by atoms with van der Waals surface area (Å²) in [7, 11) is 0. The first-order valence-electron chi connectivity index (χ1n) is 9.54. The van der Waals surface area contributed by atoms with Gasteiger partial charge in [0.2, 0.25) is 0 Å². The van der Waals surface area contributed by atoms with Crippen LogP contribution < -0.4 is 11.1 Å². The number of rotatable bonds is 5. The topological polar surface area (TPSA) is 83.2 Å². The third-order valence-corrected chi connectivity index (χ3v) is 4.88. The Labute approximate surface area is 152 Å². The highest BCUT2D eigenvalue weighted by Gasteiger charge is 2.29. The van der Waals surface area contributed by atoms with E-state index in [0.29, 0.717) is 31.0 Å². The Bertz CT molecular complexity index is 475. The fraction of sp³-hybridized carbons (Fsp3) is 0.889. The minimum absolute atomic E-state index is 0.231. The molecule has 2 heterocycles. The summed E-state index contributed by atoms with van der Waals surface area (Å²) in [6.45, 7) is 13.1. The molecule has 2 unspecified atom stereocenters. The van der Waals surface area contributed by atoms with Gasteiger partial charge in [0.25, 0.3) is 0 Å². The van der Waals surface area contributed by atoms with Crippen molar-refractivity contribution in [2.24, 2.45) is 16.6 Å². The van der Waals surface area contributed by atoms with Crippen molar-refractivity contribution in [3.05, 3.63) is 0 Å². The lowest BCUT2D eigenvalue weighted by atomic mass is 10.1. The van der Waals surface area contributed by atoms with Gasteiger partial charge in [-0.3, -0.25) is 9.89 Å². The Morgan fingerprint density at radius 3 is 2.76 bits per heavy atom. The number of likely N-dealkylation sites (N-methyl/N-ethyl adjacent to an activating group) is 1. The van der Waals surface area contributed by atoms with Crippen molar-refractivity contribution in [1.82, 2.24) is 15.1 Å². The summed E-state index contributed by atoms with van der Waals surface area (Å²) in [5.74, 6) is 0.866. The minimum Gasteiger partial charge on any atom is -0.444 e. The normalized spacial score (nSPS) is 25.4. The summed E-state index contributed by atoms with van der Waals surface area (Å²) in [6, 6.07) is 0.563. The van der Waals surface area contributed by atoms with E-state index in [1.807, 2.05) is 20.8 Å². The van der Waals surface area contributed by atoms with Gasteiger partial charge in [-0.15, -0.1) is 0 Å². The first-order valence-corrected chi connectivity index (χ1v) is 9.54. The maximum atomic E-state index is 12.1. The number of nitrogens with one attached hydrogen (secondary N) is 1. The molecule has 7 heteroatoms. The second kappa shape index (κ2) is 8.74. The van der Waals surface area contributed by atoms with Gasteiger partial charge in [-0.1, -0.05) is 6.92 Å². The number of nitrogens with zero attached hydrogens (tertiary/aromatic N) is 3. The van der Waals surface area contributed by atoms with Crippen molar-refractivity contribution in [1.29, 1.82) is 0 Å². The van der Waals surface area contributed by atoms with E-state index in [1.165, 1.54) is 19.4 Å². The lowest BCUT2D eigenvalue weighted by Crippen LogP contribution is -2.43. The van der Waals surface area contributed by atoms with Gasteiger partial charge < -0.3 is 20.7 Å². The molecule has 1 amide bonds. The van der Waals surface area contributed by atoms with Crippen LogP contribution in [0.5, 0.6) is 0 Å². The fourth-order valence-corrected chi connectivity index (χ4v) is 3.52. The summed E-state index contributed by atoms with van der Waals surface area (Å²) in [4.78, 5) is 20.8. The maximum Gasteiger partial charge on any atom is 0.410 e. The average Bonchev–Trinajstić information content (AvgIpc) is 3.18. The number of guanidine groups is 1. The Morgan fingerprint density at radius 1 is 1.32 bits per heavy atom. The van der Waals surface area contributed by atoms with Crippen LogP contribution in [0.15, 0.2) is 4.99 Å². The van der Waals surface area contributed by atoms with Crippen LogP contribution in [0.2, 0.25) is 0 Å². The van der Waals surface area contributed by atoms with Crippen molar-refractivity contribution >= 4 is 12.1 Å². The van der Waals surface area contributed by atoms with Crippen molar-refractivity contribution in [3.8, 4) is 0 Å². The third-order valence-electron chi connectivity index (χ3n) is 4.88. The Hall–Kier alpha value is -1.50. The molecule has 0 bridgehead atoms. The van der Waals surface area contributed by atoms with Gasteiger partial charge in [0.15, 0.2) is 5.96 Å². The molecule has 2 rings (SSSR count). The Balaban J connectivity index is 1.70. The molecule has 7 nitrogen and oxygen atoms in total. The van der Waals surface area contributed by atoms with Crippen molar-refractivity contribution in [2.45, 2.75) is 58.6 Å². The van der Waals surface area contributed by atoms with Crippen LogP contribution in [0.25, 0.3) is 0 Å². The minimum atomic E-state index is -0.450. The number of likely N-dealkylation sites (tertiary alicyclic amines) is 2. The zero-order valence-corrected chi connectivity index (χ0v) is 16.3. The van der Waals surface area contributed by atoms with Gasteiger partial charge >= 0.3 is 6.09 Å². The smallest absolute Gasteiger partial charge is 0.410 e. The van der Waals surface area contributed by atoms with Crippen molar-refractivity contribution in [2.75, 3.05) is 39.3 Å². The predicted molar refractivity (Wildman–Crippen MR) is 101 cm³/mol. The van der Waals surface area contributed by atoms with Crippen LogP contribution in [0, 0.1) is 5.92 Å². The number of amides is 1. The number of carbonyl (C=O) groups is 1. The molecule has 2 aliphatic heterocycles. The molecule has 2 aliphatic rings. The number of ether oxygens (including phenoxy) is 1. The Kier molecular flexibility index (Phi) is 6.93. The molecule has 144 valence electrons. The Morgan fingerprint density at radius 2 is 2.08 bits per heavy atom. The van der Waals surface area contributed by atoms with Gasteiger partial charge in [-0.2, -0.15) is 0 Å². The number of hydrogen-bond acceptors (Lipinski definition) is 4. The van der Waals surface area contributed by atoms with Gasteiger partial charge in [0, 0.05) is 32.2 Å². The molecule has 0 spiro atoms. The fourth-order valence-electron chi connectivity index (χ4n) is 3.52. The van der Waals surface area contributed by atoms with Crippen molar-refractivity contribution in [3.63, 3.8) is 0 Å². The summed E-state index contributed by atoms with van der Waals surface area (Å²) in [5.41, 5.74) is 5.56. The molecular weight excluding hydrogens is 318 g/mol. The molecule has 0 radical (unpaired) electrons. The lowest BCUT2D eigenvalue weighted by molar-refractivity contribution is 0.0289. The molecule has 2 fully saturated rings. The number of carbonyl (C=O) groups excluding carboxylic acids is 1. The van der Waals surface area contributed by atoms with E-state index in [9.17, 15) is 4.79 Å². The van der Waals surface area contributed by atoms with E-state index >= 15 is 0 Å². The van der Waals surface area contributed by atoms with Crippen LogP contribution in [-0.4, -0.2) is 72.8 Å². The average molecular weight is 354 g/mol. The maximum absolute atomic E-state index is 12.1. The lowest BCUT2D eigenvalue weighted by Gasteiger charge is -2.24. The van der Waals surface area contributed by atoms with E-state index in [0.717, 1.165) is 26.1 Å². The summed E-state index contributed by atoms with van der Waals surface area (Å²) < 4.78 is 5.42. The van der Waals surface area contributed by atoms with Crippen LogP contribution >= 0.6 is 0 Å². The standard InChI is InChI=1S/C18H35N5O2/c1-5-22-9-6-7-15(22)12-21-16(19)20-11-14-8-10-23(13-14)17(24)25-18(2,3)4/h14-15H,5-13H2,1-4H3,(H3,19,20,21). The highest BCUT2D eigenvalue weighted by atomic mass is 16.6. The summed E-state index contributed by atoms with van der Waals surface area (Å²) in [6.07, 6.45) is 3.20. The van der Waals surface area contributed by atoms with Crippen LogP contribution in [0.4, 0.5) is 4.79 Å². The van der Waals surface area contributed by atoms with E-state index in [-0.39, 0.29) is 6.09 Å². The zero-order valence-electron chi connectivity index (χ0n) is 16.3. The molecule has 3 N–H and O–H groups in total. The highest BCUT2D eigenvalue weighted by molar-refractivity contribution is 5.77. The van der Waals surface area contributed by atoms with E-state index < -0.39 is 5.60 Å². The molecule has 0 aromatic rings. The van der Waals surface area contributed by atoms with E-state index in [4.69, 9.17) is 10.5 Å². The van der Waals surface area contributed by atoms with Gasteiger partial charge in [-0.25, -0.2) is 4.79 Å². The van der Waals surface area contributed by atoms with Crippen LogP contribution in [-0.2, 0) is 4.74 Å². The zero-order chi connectivity index (χ0) is 18.4. The van der Waals surface area contributed by atoms with Crippen molar-refractivity contribution < 1.29 is 9.53 Å². The van der Waals surface area contributed by atoms with Crippen LogP contribution in [0.3, 0.4) is 0 Å². The van der Waals surface area contributed by atoms with Crippen LogP contribution in [0.1, 0.15) is 47.0 Å². The quantitative estimate of drug-likeness (QED) is 0.580. The monoisotopic (exact) mass is 353 g/mol. The second-order valence-electron chi connectivity index (χ2n) is 8.11. The number of hydrogen-bond donors (Lipinski definition) is 2. The second-order valence-corrected chi connectivity index (χ2v) is 8.11. The summed E-state index contributed by atoms with van der Waals surface area (Å²) in [5, 5.41) is 3.26.